The molecule has 13 heavy (non-hydrogen) atoms. The summed E-state index contributed by atoms with van der Waals surface area (Å²) >= 11 is 5.88. The van der Waals surface area contributed by atoms with E-state index < -0.39 is 0 Å². The van der Waals surface area contributed by atoms with Crippen LogP contribution >= 0.6 is 11.6 Å². The second kappa shape index (κ2) is 2.90. The lowest BCUT2D eigenvalue weighted by Crippen LogP contribution is -2.42. The number of carbonyl (C=O) groups is 1. The van der Waals surface area contributed by atoms with Crippen LogP contribution in [-0.2, 0) is 4.79 Å². The molecule has 0 fully saturated rings. The molecule has 1 heterocycles. The maximum Gasteiger partial charge on any atom is 0.245 e. The topological polar surface area (TPSA) is 58.4 Å². The highest BCUT2D eigenvalue weighted by atomic mass is 35.5. The molecule has 0 aliphatic carbocycles. The van der Waals surface area contributed by atoms with Crippen molar-refractivity contribution in [3.8, 4) is 0 Å². The minimum absolute atomic E-state index is 0.150. The average molecular weight is 198 g/mol. The summed E-state index contributed by atoms with van der Waals surface area (Å²) in [6.07, 6.45) is 0. The van der Waals surface area contributed by atoms with Crippen LogP contribution in [-0.4, -0.2) is 12.5 Å². The van der Waals surface area contributed by atoms with Gasteiger partial charge in [-0.25, -0.2) is 5.84 Å². The summed E-state index contributed by atoms with van der Waals surface area (Å²) in [4.78, 5) is 11.1. The van der Waals surface area contributed by atoms with Crippen LogP contribution in [0.2, 0.25) is 5.02 Å². The number of carbonyl (C=O) groups excluding carboxylic acids is 1. The number of hydrogen-bond donors (Lipinski definition) is 2. The number of hydrogen-bond acceptors (Lipinski definition) is 3. The highest BCUT2D eigenvalue weighted by molar-refractivity contribution is 6.34. The lowest BCUT2D eigenvalue weighted by molar-refractivity contribution is -0.115. The molecule has 0 radical (unpaired) electrons. The molecular formula is C8H8ClN3O. The molecule has 1 aliphatic heterocycles. The summed E-state index contributed by atoms with van der Waals surface area (Å²) in [5.74, 6) is 5.47. The Morgan fingerprint density at radius 3 is 3.08 bits per heavy atom. The first kappa shape index (κ1) is 8.34. The van der Waals surface area contributed by atoms with Crippen LogP contribution in [0.5, 0.6) is 0 Å². The van der Waals surface area contributed by atoms with Crippen molar-refractivity contribution in [2.24, 2.45) is 5.84 Å². The third kappa shape index (κ3) is 1.34. The predicted molar refractivity (Wildman–Crippen MR) is 51.6 cm³/mol. The Kier molecular flexibility index (Phi) is 1.86. The van der Waals surface area contributed by atoms with Crippen LogP contribution < -0.4 is 16.2 Å². The van der Waals surface area contributed by atoms with E-state index in [1.807, 2.05) is 0 Å². The molecule has 0 bridgehead atoms. The van der Waals surface area contributed by atoms with E-state index in [1.54, 1.807) is 18.2 Å². The number of nitrogens with one attached hydrogen (secondary N) is 1. The Morgan fingerprint density at radius 2 is 2.31 bits per heavy atom. The molecule has 4 nitrogen and oxygen atoms in total. The van der Waals surface area contributed by atoms with E-state index >= 15 is 0 Å². The molecule has 1 aromatic rings. The van der Waals surface area contributed by atoms with Gasteiger partial charge in [0.1, 0.15) is 6.54 Å². The number of amides is 1. The molecular weight excluding hydrogens is 190 g/mol. The second-order valence-corrected chi connectivity index (χ2v) is 3.22. The number of nitrogens with zero attached hydrogens (tertiary/aromatic N) is 1. The zero-order chi connectivity index (χ0) is 9.42. The Morgan fingerprint density at radius 1 is 1.54 bits per heavy atom. The lowest BCUT2D eigenvalue weighted by Gasteiger charge is -2.26. The fourth-order valence-corrected chi connectivity index (χ4v) is 1.51. The van der Waals surface area contributed by atoms with Gasteiger partial charge >= 0.3 is 0 Å². The number of nitrogens with two attached hydrogens (primary N) is 1. The average Bonchev–Trinajstić information content (AvgIpc) is 2.07. The number of fused-ring (bicyclic) bond motifs is 1. The molecule has 1 aliphatic rings. The van der Waals surface area contributed by atoms with Gasteiger partial charge < -0.3 is 5.32 Å². The van der Waals surface area contributed by atoms with Gasteiger partial charge in [-0.1, -0.05) is 17.7 Å². The maximum atomic E-state index is 11.1. The van der Waals surface area contributed by atoms with Gasteiger partial charge in [0.15, 0.2) is 0 Å². The largest absolute Gasteiger partial charge is 0.321 e. The third-order valence-electron chi connectivity index (χ3n) is 1.88. The molecule has 2 rings (SSSR count). The first-order valence-electron chi connectivity index (χ1n) is 3.79. The van der Waals surface area contributed by atoms with Gasteiger partial charge in [-0.2, -0.15) is 0 Å². The van der Waals surface area contributed by atoms with Gasteiger partial charge in [-0.15, -0.1) is 0 Å². The zero-order valence-electron chi connectivity index (χ0n) is 6.75. The van der Waals surface area contributed by atoms with Crippen LogP contribution in [0.1, 0.15) is 0 Å². The van der Waals surface area contributed by atoms with E-state index in [9.17, 15) is 4.79 Å². The molecule has 1 aromatic carbocycles. The van der Waals surface area contributed by atoms with Gasteiger partial charge in [0.25, 0.3) is 0 Å². The van der Waals surface area contributed by atoms with Crippen molar-refractivity contribution >= 4 is 28.9 Å². The number of para-hydroxylation sites is 1. The predicted octanol–water partition coefficient (Wildman–Crippen LogP) is 0.972. The van der Waals surface area contributed by atoms with Crippen LogP contribution in [0.3, 0.4) is 0 Å². The molecule has 3 N–H and O–H groups in total. The van der Waals surface area contributed by atoms with Crippen molar-refractivity contribution in [2.75, 3.05) is 16.9 Å². The van der Waals surface area contributed by atoms with Crippen LogP contribution in [0.4, 0.5) is 11.4 Å². The van der Waals surface area contributed by atoms with Crippen molar-refractivity contribution < 1.29 is 4.79 Å². The second-order valence-electron chi connectivity index (χ2n) is 2.81. The van der Waals surface area contributed by atoms with E-state index in [0.29, 0.717) is 10.7 Å². The molecule has 0 atom stereocenters. The van der Waals surface area contributed by atoms with Gasteiger partial charge in [-0.3, -0.25) is 9.80 Å². The number of anilines is 2. The molecule has 0 saturated heterocycles. The SMILES string of the molecule is NN1CC(=O)Nc2c(Cl)cccc21. The summed E-state index contributed by atoms with van der Waals surface area (Å²) in [5.41, 5.74) is 1.33. The highest BCUT2D eigenvalue weighted by Crippen LogP contribution is 2.33. The molecule has 0 saturated carbocycles. The van der Waals surface area contributed by atoms with Crippen molar-refractivity contribution in [3.63, 3.8) is 0 Å². The number of hydrazine groups is 1. The van der Waals surface area contributed by atoms with E-state index in [1.165, 1.54) is 5.01 Å². The van der Waals surface area contributed by atoms with Crippen molar-refractivity contribution in [1.82, 2.24) is 0 Å². The fourth-order valence-electron chi connectivity index (χ4n) is 1.29. The minimum Gasteiger partial charge on any atom is -0.321 e. The number of rotatable bonds is 0. The Bertz CT molecular complexity index is 366. The van der Waals surface area contributed by atoms with Gasteiger partial charge in [0.2, 0.25) is 5.91 Å². The smallest absolute Gasteiger partial charge is 0.245 e. The van der Waals surface area contributed by atoms with Gasteiger partial charge in [-0.05, 0) is 12.1 Å². The Balaban J connectivity index is 2.54. The summed E-state index contributed by atoms with van der Waals surface area (Å²) in [5, 5.41) is 4.54. The molecule has 68 valence electrons. The molecule has 0 aromatic heterocycles. The highest BCUT2D eigenvalue weighted by Gasteiger charge is 2.20. The van der Waals surface area contributed by atoms with E-state index in [2.05, 4.69) is 5.32 Å². The Hall–Kier alpha value is -1.26. The van der Waals surface area contributed by atoms with E-state index in [-0.39, 0.29) is 12.5 Å². The van der Waals surface area contributed by atoms with E-state index in [0.717, 1.165) is 5.69 Å². The van der Waals surface area contributed by atoms with Crippen LogP contribution in [0.25, 0.3) is 0 Å². The quantitative estimate of drug-likeness (QED) is 0.610. The standard InChI is InChI=1S/C8H8ClN3O/c9-5-2-1-3-6-8(5)11-7(13)4-12(6)10/h1-3H,4,10H2,(H,11,13). The number of halogens is 1. The first-order valence-corrected chi connectivity index (χ1v) is 4.17. The first-order chi connectivity index (χ1) is 6.18. The normalized spacial score (nSPS) is 15.2. The third-order valence-corrected chi connectivity index (χ3v) is 2.19. The Labute approximate surface area is 80.2 Å². The molecule has 0 spiro atoms. The summed E-state index contributed by atoms with van der Waals surface area (Å²) in [6.45, 7) is 0.160. The fraction of sp³-hybridized carbons (Fsp3) is 0.125. The van der Waals surface area contributed by atoms with Gasteiger partial charge in [0.05, 0.1) is 16.4 Å². The van der Waals surface area contributed by atoms with Crippen LogP contribution in [0.15, 0.2) is 18.2 Å². The summed E-state index contributed by atoms with van der Waals surface area (Å²) < 4.78 is 0. The molecule has 5 heteroatoms. The van der Waals surface area contributed by atoms with Crippen LogP contribution in [0, 0.1) is 0 Å². The van der Waals surface area contributed by atoms with Crippen molar-refractivity contribution in [3.05, 3.63) is 23.2 Å². The minimum atomic E-state index is -0.150. The monoisotopic (exact) mass is 197 g/mol. The summed E-state index contributed by atoms with van der Waals surface area (Å²) in [7, 11) is 0. The molecule has 1 amide bonds. The van der Waals surface area contributed by atoms with E-state index in [4.69, 9.17) is 17.4 Å². The zero-order valence-corrected chi connectivity index (χ0v) is 7.51. The number of benzene rings is 1. The van der Waals surface area contributed by atoms with Gasteiger partial charge in [0, 0.05) is 0 Å². The molecule has 0 unspecified atom stereocenters. The maximum absolute atomic E-state index is 11.1. The van der Waals surface area contributed by atoms with Crippen molar-refractivity contribution in [2.45, 2.75) is 0 Å². The summed E-state index contributed by atoms with van der Waals surface area (Å²) in [6, 6.07) is 5.30. The van der Waals surface area contributed by atoms with Crippen molar-refractivity contribution in [1.29, 1.82) is 0 Å². The lowest BCUT2D eigenvalue weighted by atomic mass is 10.2.